The Bertz CT molecular complexity index is 70.6. The molecule has 0 heterocycles. The Kier molecular flexibility index (Phi) is 7.58. The molecule has 0 fully saturated rings. The lowest BCUT2D eigenvalue weighted by Crippen LogP contribution is -2.21. The summed E-state index contributed by atoms with van der Waals surface area (Å²) in [4.78, 5) is 0. The van der Waals surface area contributed by atoms with Crippen LogP contribution in [0.2, 0.25) is 0 Å². The minimum Gasteiger partial charge on any atom is -0.396 e. The first kappa shape index (κ1) is 10.3. The molecule has 10 heavy (non-hydrogen) atoms. The Labute approximate surface area is 67.4 Å². The highest BCUT2D eigenvalue weighted by Gasteiger charge is 1.96. The Balaban J connectivity index is 2.89. The molecule has 2 N–H and O–H groups in total. The van der Waals surface area contributed by atoms with Crippen LogP contribution in [0.3, 0.4) is 0 Å². The van der Waals surface area contributed by atoms with Crippen molar-refractivity contribution in [2.24, 2.45) is 0 Å². The fourth-order valence-corrected chi connectivity index (χ4v) is 1.42. The van der Waals surface area contributed by atoms with Crippen LogP contribution in [0.1, 0.15) is 13.3 Å². The van der Waals surface area contributed by atoms with Gasteiger partial charge in [-0.1, -0.05) is 0 Å². The second-order valence-electron chi connectivity index (χ2n) is 2.31. The van der Waals surface area contributed by atoms with Crippen molar-refractivity contribution < 1.29 is 5.11 Å². The van der Waals surface area contributed by atoms with Crippen molar-refractivity contribution in [1.29, 1.82) is 0 Å². The topological polar surface area (TPSA) is 32.3 Å². The Morgan fingerprint density at radius 3 is 2.70 bits per heavy atom. The summed E-state index contributed by atoms with van der Waals surface area (Å²) in [6.45, 7) is 2.47. The van der Waals surface area contributed by atoms with Gasteiger partial charge in [0.25, 0.3) is 0 Å². The van der Waals surface area contributed by atoms with Crippen LogP contribution >= 0.6 is 11.8 Å². The van der Waals surface area contributed by atoms with Gasteiger partial charge in [0.1, 0.15) is 0 Å². The van der Waals surface area contributed by atoms with E-state index in [1.54, 1.807) is 11.8 Å². The van der Waals surface area contributed by atoms with Crippen molar-refractivity contribution in [1.82, 2.24) is 5.32 Å². The Hall–Kier alpha value is 0.270. The Morgan fingerprint density at radius 2 is 2.20 bits per heavy atom. The SMILES string of the molecule is CNC(C)CCSCCO. The molecule has 0 aromatic carbocycles. The summed E-state index contributed by atoms with van der Waals surface area (Å²) < 4.78 is 0. The minimum absolute atomic E-state index is 0.304. The molecule has 2 nitrogen and oxygen atoms in total. The van der Waals surface area contributed by atoms with Gasteiger partial charge in [-0.15, -0.1) is 0 Å². The predicted octanol–water partition coefficient (Wildman–Crippen LogP) is 0.710. The van der Waals surface area contributed by atoms with E-state index in [-0.39, 0.29) is 0 Å². The molecule has 3 heteroatoms. The summed E-state index contributed by atoms with van der Waals surface area (Å²) in [6.07, 6.45) is 1.18. The molecule has 1 atom stereocenters. The van der Waals surface area contributed by atoms with Gasteiger partial charge in [-0.3, -0.25) is 0 Å². The zero-order valence-electron chi connectivity index (χ0n) is 6.76. The van der Waals surface area contributed by atoms with E-state index in [2.05, 4.69) is 12.2 Å². The highest BCUT2D eigenvalue weighted by atomic mass is 32.2. The highest BCUT2D eigenvalue weighted by Crippen LogP contribution is 2.02. The van der Waals surface area contributed by atoms with Crippen LogP contribution in [0, 0.1) is 0 Å². The van der Waals surface area contributed by atoms with Crippen molar-refractivity contribution >= 4 is 11.8 Å². The molecular weight excluding hydrogens is 146 g/mol. The Morgan fingerprint density at radius 1 is 1.50 bits per heavy atom. The first-order valence-corrected chi connectivity index (χ1v) is 4.82. The van der Waals surface area contributed by atoms with E-state index in [4.69, 9.17) is 5.11 Å². The zero-order valence-corrected chi connectivity index (χ0v) is 7.58. The third kappa shape index (κ3) is 6.39. The third-order valence-electron chi connectivity index (χ3n) is 1.42. The molecule has 0 saturated heterocycles. The molecule has 62 valence electrons. The molecule has 0 aliphatic carbocycles. The standard InChI is InChI=1S/C7H17NOS/c1-7(8-2)3-5-10-6-4-9/h7-9H,3-6H2,1-2H3. The molecule has 0 saturated carbocycles. The van der Waals surface area contributed by atoms with Crippen molar-refractivity contribution in [2.45, 2.75) is 19.4 Å². The van der Waals surface area contributed by atoms with Crippen LogP contribution in [0.15, 0.2) is 0 Å². The molecule has 1 unspecified atom stereocenters. The first-order valence-electron chi connectivity index (χ1n) is 3.67. The maximum atomic E-state index is 8.45. The minimum atomic E-state index is 0.304. The van der Waals surface area contributed by atoms with Gasteiger partial charge in [0, 0.05) is 11.8 Å². The van der Waals surface area contributed by atoms with E-state index in [1.807, 2.05) is 7.05 Å². The lowest BCUT2D eigenvalue weighted by Gasteiger charge is -2.07. The average molecular weight is 163 g/mol. The van der Waals surface area contributed by atoms with Gasteiger partial charge in [-0.25, -0.2) is 0 Å². The van der Waals surface area contributed by atoms with Crippen LogP contribution in [0.25, 0.3) is 0 Å². The maximum Gasteiger partial charge on any atom is 0.0521 e. The summed E-state index contributed by atoms with van der Waals surface area (Å²) in [6, 6.07) is 0.603. The summed E-state index contributed by atoms with van der Waals surface area (Å²) in [5.41, 5.74) is 0. The van der Waals surface area contributed by atoms with Crippen LogP contribution in [0.4, 0.5) is 0 Å². The van der Waals surface area contributed by atoms with Gasteiger partial charge in [-0.2, -0.15) is 11.8 Å². The van der Waals surface area contributed by atoms with Gasteiger partial charge >= 0.3 is 0 Å². The van der Waals surface area contributed by atoms with E-state index < -0.39 is 0 Å². The number of rotatable bonds is 6. The second kappa shape index (κ2) is 7.38. The normalized spacial score (nSPS) is 13.5. The zero-order chi connectivity index (χ0) is 7.82. The molecule has 0 aliphatic rings. The van der Waals surface area contributed by atoms with E-state index in [1.165, 1.54) is 6.42 Å². The number of hydrogen-bond acceptors (Lipinski definition) is 3. The lowest BCUT2D eigenvalue weighted by molar-refractivity contribution is 0.322. The number of thioether (sulfide) groups is 1. The molecule has 0 amide bonds. The van der Waals surface area contributed by atoms with Crippen LogP contribution in [-0.2, 0) is 0 Å². The molecule has 0 aromatic heterocycles. The van der Waals surface area contributed by atoms with Crippen molar-refractivity contribution in [3.05, 3.63) is 0 Å². The van der Waals surface area contributed by atoms with Gasteiger partial charge in [0.2, 0.25) is 0 Å². The van der Waals surface area contributed by atoms with Gasteiger partial charge in [-0.05, 0) is 26.1 Å². The van der Waals surface area contributed by atoms with E-state index in [0.717, 1.165) is 11.5 Å². The molecule has 0 rings (SSSR count). The first-order chi connectivity index (χ1) is 4.81. The van der Waals surface area contributed by atoms with Crippen LogP contribution in [0.5, 0.6) is 0 Å². The van der Waals surface area contributed by atoms with Crippen LogP contribution < -0.4 is 5.32 Å². The van der Waals surface area contributed by atoms with E-state index >= 15 is 0 Å². The predicted molar refractivity (Wildman–Crippen MR) is 47.5 cm³/mol. The van der Waals surface area contributed by atoms with Gasteiger partial charge in [0.15, 0.2) is 0 Å². The largest absolute Gasteiger partial charge is 0.396 e. The fraction of sp³-hybridized carbons (Fsp3) is 1.00. The number of aliphatic hydroxyl groups is 1. The summed E-state index contributed by atoms with van der Waals surface area (Å²) in [7, 11) is 1.97. The van der Waals surface area contributed by atoms with Crippen molar-refractivity contribution in [3.63, 3.8) is 0 Å². The quantitative estimate of drug-likeness (QED) is 0.566. The fourth-order valence-electron chi connectivity index (χ4n) is 0.571. The van der Waals surface area contributed by atoms with Gasteiger partial charge in [0.05, 0.1) is 6.61 Å². The third-order valence-corrected chi connectivity index (χ3v) is 2.42. The van der Waals surface area contributed by atoms with Crippen molar-refractivity contribution in [3.8, 4) is 0 Å². The molecule has 0 bridgehead atoms. The monoisotopic (exact) mass is 163 g/mol. The summed E-state index contributed by atoms with van der Waals surface area (Å²) >= 11 is 1.81. The number of aliphatic hydroxyl groups excluding tert-OH is 1. The number of nitrogens with one attached hydrogen (secondary N) is 1. The maximum absolute atomic E-state index is 8.45. The molecule has 0 aromatic rings. The molecule has 0 aliphatic heterocycles. The second-order valence-corrected chi connectivity index (χ2v) is 3.54. The molecule has 0 radical (unpaired) electrons. The average Bonchev–Trinajstić information content (AvgIpc) is 1.98. The van der Waals surface area contributed by atoms with Crippen LogP contribution in [-0.4, -0.2) is 36.3 Å². The number of hydrogen-bond donors (Lipinski definition) is 2. The van der Waals surface area contributed by atoms with Gasteiger partial charge < -0.3 is 10.4 Å². The highest BCUT2D eigenvalue weighted by molar-refractivity contribution is 7.99. The smallest absolute Gasteiger partial charge is 0.0521 e. The van der Waals surface area contributed by atoms with Crippen molar-refractivity contribution in [2.75, 3.05) is 25.2 Å². The summed E-state index contributed by atoms with van der Waals surface area (Å²) in [5, 5.41) is 11.6. The summed E-state index contributed by atoms with van der Waals surface area (Å²) in [5.74, 6) is 2.01. The van der Waals surface area contributed by atoms with E-state index in [9.17, 15) is 0 Å². The molecule has 0 spiro atoms. The van der Waals surface area contributed by atoms with E-state index in [0.29, 0.717) is 12.6 Å². The molecular formula is C7H17NOS. The lowest BCUT2D eigenvalue weighted by atomic mass is 10.3.